The minimum atomic E-state index is -4.17. The third-order valence-electron chi connectivity index (χ3n) is 5.26. The number of piperazine rings is 1. The van der Waals surface area contributed by atoms with Gasteiger partial charge in [0, 0.05) is 31.7 Å². The number of rotatable bonds is 6. The summed E-state index contributed by atoms with van der Waals surface area (Å²) in [4.78, 5) is 13.5. The van der Waals surface area contributed by atoms with Crippen LogP contribution in [0.25, 0.3) is 10.6 Å². The van der Waals surface area contributed by atoms with Gasteiger partial charge < -0.3 is 0 Å². The average molecular weight is 494 g/mol. The van der Waals surface area contributed by atoms with Gasteiger partial charge in [-0.15, -0.1) is 10.2 Å². The van der Waals surface area contributed by atoms with Gasteiger partial charge in [0.25, 0.3) is 0 Å². The van der Waals surface area contributed by atoms with Crippen LogP contribution in [-0.2, 0) is 14.8 Å². The van der Waals surface area contributed by atoms with E-state index < -0.39 is 26.6 Å². The number of aryl methyl sites for hydroxylation is 1. The van der Waals surface area contributed by atoms with E-state index in [9.17, 15) is 22.0 Å². The highest BCUT2D eigenvalue weighted by Crippen LogP contribution is 2.28. The molecule has 174 valence electrons. The van der Waals surface area contributed by atoms with Crippen LogP contribution in [0.15, 0.2) is 47.4 Å². The number of nitrogens with one attached hydrogen (secondary N) is 1. The van der Waals surface area contributed by atoms with Crippen LogP contribution in [0, 0.1) is 18.6 Å². The zero-order valence-electron chi connectivity index (χ0n) is 17.7. The number of carbonyl (C=O) groups is 1. The van der Waals surface area contributed by atoms with Gasteiger partial charge in [0.2, 0.25) is 21.1 Å². The van der Waals surface area contributed by atoms with Gasteiger partial charge in [0.05, 0.1) is 6.54 Å². The normalized spacial score (nSPS) is 15.5. The Balaban J connectivity index is 1.33. The quantitative estimate of drug-likeness (QED) is 0.568. The Morgan fingerprint density at radius 1 is 1.09 bits per heavy atom. The Labute approximate surface area is 193 Å². The molecule has 1 amide bonds. The molecule has 1 fully saturated rings. The minimum absolute atomic E-state index is 0.0431. The van der Waals surface area contributed by atoms with E-state index >= 15 is 0 Å². The van der Waals surface area contributed by atoms with Gasteiger partial charge in [-0.1, -0.05) is 35.6 Å². The first-order chi connectivity index (χ1) is 15.7. The van der Waals surface area contributed by atoms with Gasteiger partial charge in [-0.2, -0.15) is 4.31 Å². The van der Waals surface area contributed by atoms with Gasteiger partial charge in [-0.25, -0.2) is 17.2 Å². The summed E-state index contributed by atoms with van der Waals surface area (Å²) >= 11 is 1.27. The summed E-state index contributed by atoms with van der Waals surface area (Å²) in [7, 11) is -4.17. The van der Waals surface area contributed by atoms with Crippen LogP contribution in [0.1, 0.15) is 5.56 Å². The van der Waals surface area contributed by atoms with Gasteiger partial charge in [-0.3, -0.25) is 15.0 Å². The first-order valence-electron chi connectivity index (χ1n) is 10.1. The molecule has 33 heavy (non-hydrogen) atoms. The largest absolute Gasteiger partial charge is 0.299 e. The van der Waals surface area contributed by atoms with Crippen LogP contribution in [0.3, 0.4) is 0 Å². The van der Waals surface area contributed by atoms with Crippen molar-refractivity contribution in [1.29, 1.82) is 0 Å². The summed E-state index contributed by atoms with van der Waals surface area (Å²) in [5, 5.41) is 12.0. The summed E-state index contributed by atoms with van der Waals surface area (Å²) in [5.41, 5.74) is 2.00. The van der Waals surface area contributed by atoms with Crippen molar-refractivity contribution in [1.82, 2.24) is 19.4 Å². The van der Waals surface area contributed by atoms with Crippen LogP contribution >= 0.6 is 11.3 Å². The molecule has 1 saturated heterocycles. The molecule has 0 radical (unpaired) electrons. The number of hydrogen-bond acceptors (Lipinski definition) is 7. The highest BCUT2D eigenvalue weighted by atomic mass is 32.2. The molecular formula is C21H21F2N5O3S2. The van der Waals surface area contributed by atoms with Crippen LogP contribution in [-0.4, -0.2) is 66.5 Å². The molecule has 0 atom stereocenters. The maximum Gasteiger partial charge on any atom is 0.246 e. The zero-order chi connectivity index (χ0) is 23.6. The number of hydrogen-bond donors (Lipinski definition) is 1. The molecule has 12 heteroatoms. The minimum Gasteiger partial charge on any atom is -0.299 e. The number of sulfonamides is 1. The van der Waals surface area contributed by atoms with Crippen LogP contribution in [0.4, 0.5) is 13.9 Å². The van der Waals surface area contributed by atoms with Crippen molar-refractivity contribution >= 4 is 32.4 Å². The summed E-state index contributed by atoms with van der Waals surface area (Å²) < 4.78 is 53.9. The van der Waals surface area contributed by atoms with E-state index in [0.717, 1.165) is 27.6 Å². The van der Waals surface area contributed by atoms with Crippen molar-refractivity contribution in [3.63, 3.8) is 0 Å². The highest BCUT2D eigenvalue weighted by molar-refractivity contribution is 7.89. The van der Waals surface area contributed by atoms with E-state index in [1.807, 2.05) is 31.2 Å². The second-order valence-corrected chi connectivity index (χ2v) is 10.4. The Bertz CT molecular complexity index is 1270. The molecule has 2 heterocycles. The fraction of sp³-hybridized carbons (Fsp3) is 0.286. The van der Waals surface area contributed by atoms with Gasteiger partial charge >= 0.3 is 0 Å². The lowest BCUT2D eigenvalue weighted by Gasteiger charge is -2.33. The van der Waals surface area contributed by atoms with E-state index in [0.29, 0.717) is 16.2 Å². The Morgan fingerprint density at radius 2 is 1.82 bits per heavy atom. The third-order valence-corrected chi connectivity index (χ3v) is 8.04. The van der Waals surface area contributed by atoms with Crippen molar-refractivity contribution in [3.05, 3.63) is 59.7 Å². The molecule has 0 spiro atoms. The molecule has 0 bridgehead atoms. The number of aromatic nitrogens is 2. The third kappa shape index (κ3) is 5.24. The summed E-state index contributed by atoms with van der Waals surface area (Å²) in [6.45, 7) is 2.67. The second kappa shape index (κ2) is 9.59. The smallest absolute Gasteiger partial charge is 0.246 e. The van der Waals surface area contributed by atoms with Crippen LogP contribution in [0.2, 0.25) is 0 Å². The van der Waals surface area contributed by atoms with E-state index in [1.165, 1.54) is 11.3 Å². The monoisotopic (exact) mass is 493 g/mol. The van der Waals surface area contributed by atoms with E-state index in [2.05, 4.69) is 15.5 Å². The molecule has 3 aromatic rings. The summed E-state index contributed by atoms with van der Waals surface area (Å²) in [5.74, 6) is -2.12. The number of carbonyl (C=O) groups excluding carboxylic acids is 1. The molecule has 8 nitrogen and oxygen atoms in total. The molecular weight excluding hydrogens is 472 g/mol. The molecule has 0 aliphatic carbocycles. The first kappa shape index (κ1) is 23.4. The Morgan fingerprint density at radius 3 is 2.55 bits per heavy atom. The van der Waals surface area contributed by atoms with Crippen LogP contribution in [0.5, 0.6) is 0 Å². The topological polar surface area (TPSA) is 95.5 Å². The fourth-order valence-electron chi connectivity index (χ4n) is 3.50. The van der Waals surface area contributed by atoms with Gasteiger partial charge in [0.1, 0.15) is 21.5 Å². The number of halogens is 2. The van der Waals surface area contributed by atoms with Crippen molar-refractivity contribution in [2.24, 2.45) is 0 Å². The van der Waals surface area contributed by atoms with E-state index in [4.69, 9.17) is 0 Å². The molecule has 0 saturated carbocycles. The van der Waals surface area contributed by atoms with Crippen molar-refractivity contribution in [3.8, 4) is 10.6 Å². The highest BCUT2D eigenvalue weighted by Gasteiger charge is 2.31. The maximum atomic E-state index is 14.0. The van der Waals surface area contributed by atoms with E-state index in [1.54, 1.807) is 4.90 Å². The number of amides is 1. The van der Waals surface area contributed by atoms with Crippen molar-refractivity contribution < 1.29 is 22.0 Å². The molecule has 1 aromatic heterocycles. The molecule has 2 aromatic carbocycles. The van der Waals surface area contributed by atoms with Crippen molar-refractivity contribution in [2.75, 3.05) is 38.0 Å². The summed E-state index contributed by atoms with van der Waals surface area (Å²) in [6.07, 6.45) is 0. The number of benzene rings is 2. The maximum absolute atomic E-state index is 14.0. The molecule has 1 N–H and O–H groups in total. The lowest BCUT2D eigenvalue weighted by molar-refractivity contribution is -0.117. The van der Waals surface area contributed by atoms with Gasteiger partial charge in [0.15, 0.2) is 0 Å². The Hall–Kier alpha value is -2.80. The zero-order valence-corrected chi connectivity index (χ0v) is 19.3. The molecule has 1 aliphatic heterocycles. The number of anilines is 1. The SMILES string of the molecule is Cc1ccccc1-c1nnc(NC(=O)CN2CCN(S(=O)(=O)c3cc(F)ccc3F)CC2)s1. The van der Waals surface area contributed by atoms with Crippen molar-refractivity contribution in [2.45, 2.75) is 11.8 Å². The second-order valence-electron chi connectivity index (χ2n) is 7.53. The lowest BCUT2D eigenvalue weighted by atomic mass is 10.1. The fourth-order valence-corrected chi connectivity index (χ4v) is 5.85. The summed E-state index contributed by atoms with van der Waals surface area (Å²) in [6, 6.07) is 10.1. The predicted octanol–water partition coefficient (Wildman–Crippen LogP) is 2.74. The first-order valence-corrected chi connectivity index (χ1v) is 12.4. The number of nitrogens with zero attached hydrogens (tertiary/aromatic N) is 4. The molecule has 4 rings (SSSR count). The van der Waals surface area contributed by atoms with E-state index in [-0.39, 0.29) is 38.6 Å². The Kier molecular flexibility index (Phi) is 6.79. The van der Waals surface area contributed by atoms with Gasteiger partial charge in [-0.05, 0) is 30.7 Å². The standard InChI is InChI=1S/C21H21F2N5O3S2/c1-14-4-2-3-5-16(14)20-25-26-21(32-20)24-19(29)13-27-8-10-28(11-9-27)33(30,31)18-12-15(22)6-7-17(18)23/h2-7,12H,8-11,13H2,1H3,(H,24,26,29). The lowest BCUT2D eigenvalue weighted by Crippen LogP contribution is -2.50. The molecule has 1 aliphatic rings. The average Bonchev–Trinajstić information content (AvgIpc) is 3.24. The predicted molar refractivity (Wildman–Crippen MR) is 120 cm³/mol. The van der Waals surface area contributed by atoms with Crippen LogP contribution < -0.4 is 5.32 Å². The molecule has 0 unspecified atom stereocenters.